The molecule has 1 aromatic heterocycles. The number of hydrogen-bond donors (Lipinski definition) is 1. The third-order valence-electron chi connectivity index (χ3n) is 3.94. The van der Waals surface area contributed by atoms with Gasteiger partial charge in [-0.2, -0.15) is 4.98 Å². The molecule has 0 aromatic carbocycles. The van der Waals surface area contributed by atoms with Crippen molar-refractivity contribution >= 4 is 0 Å². The minimum Gasteiger partial charge on any atom is -0.339 e. The van der Waals surface area contributed by atoms with Crippen LogP contribution in [0.25, 0.3) is 0 Å². The Kier molecular flexibility index (Phi) is 4.15. The van der Waals surface area contributed by atoms with Crippen molar-refractivity contribution in [2.24, 2.45) is 5.92 Å². The Balaban J connectivity index is 1.94. The lowest BCUT2D eigenvalue weighted by Gasteiger charge is -2.05. The van der Waals surface area contributed by atoms with Gasteiger partial charge in [0.1, 0.15) is 0 Å². The summed E-state index contributed by atoms with van der Waals surface area (Å²) in [4.78, 5) is 4.53. The van der Waals surface area contributed by atoms with E-state index in [0.717, 1.165) is 24.1 Å². The van der Waals surface area contributed by atoms with Crippen LogP contribution in [0.5, 0.6) is 0 Å². The summed E-state index contributed by atoms with van der Waals surface area (Å²) in [5.74, 6) is 3.08. The molecule has 1 aromatic rings. The van der Waals surface area contributed by atoms with Crippen LogP contribution in [0.1, 0.15) is 57.2 Å². The molecule has 3 atom stereocenters. The molecule has 1 N–H and O–H groups in total. The van der Waals surface area contributed by atoms with Crippen LogP contribution in [-0.2, 0) is 6.42 Å². The van der Waals surface area contributed by atoms with Gasteiger partial charge in [0.2, 0.25) is 5.89 Å². The molecule has 1 aliphatic carbocycles. The van der Waals surface area contributed by atoms with Crippen molar-refractivity contribution in [1.82, 2.24) is 15.5 Å². The maximum atomic E-state index is 5.32. The zero-order valence-electron chi connectivity index (χ0n) is 11.1. The SMILES string of the molecule is CCC1CCC(c2noc(CC(C)NC)n2)C1. The zero-order chi connectivity index (χ0) is 12.3. The first-order chi connectivity index (χ1) is 8.22. The maximum absolute atomic E-state index is 5.32. The number of nitrogens with one attached hydrogen (secondary N) is 1. The van der Waals surface area contributed by atoms with Crippen molar-refractivity contribution < 1.29 is 4.52 Å². The molecule has 1 saturated carbocycles. The molecule has 96 valence electrons. The minimum atomic E-state index is 0.385. The number of hydrogen-bond acceptors (Lipinski definition) is 4. The van der Waals surface area contributed by atoms with Crippen molar-refractivity contribution in [1.29, 1.82) is 0 Å². The van der Waals surface area contributed by atoms with Crippen LogP contribution in [0.3, 0.4) is 0 Å². The Morgan fingerprint density at radius 1 is 1.47 bits per heavy atom. The van der Waals surface area contributed by atoms with Crippen molar-refractivity contribution in [3.05, 3.63) is 11.7 Å². The van der Waals surface area contributed by atoms with E-state index in [1.807, 2.05) is 7.05 Å². The molecule has 0 amide bonds. The number of aromatic nitrogens is 2. The number of likely N-dealkylation sites (N-methyl/N-ethyl adjacent to an activating group) is 1. The van der Waals surface area contributed by atoms with E-state index in [2.05, 4.69) is 29.3 Å². The summed E-state index contributed by atoms with van der Waals surface area (Å²) in [5.41, 5.74) is 0. The summed E-state index contributed by atoms with van der Waals surface area (Å²) >= 11 is 0. The second-order valence-corrected chi connectivity index (χ2v) is 5.22. The topological polar surface area (TPSA) is 51.0 Å². The zero-order valence-corrected chi connectivity index (χ0v) is 11.1. The van der Waals surface area contributed by atoms with Crippen LogP contribution in [0.2, 0.25) is 0 Å². The Bertz CT molecular complexity index is 350. The molecule has 0 bridgehead atoms. The largest absolute Gasteiger partial charge is 0.339 e. The molecule has 3 unspecified atom stereocenters. The summed E-state index contributed by atoms with van der Waals surface area (Å²) in [6.45, 7) is 4.38. The highest BCUT2D eigenvalue weighted by atomic mass is 16.5. The Morgan fingerprint density at radius 3 is 2.94 bits per heavy atom. The van der Waals surface area contributed by atoms with Gasteiger partial charge in [-0.3, -0.25) is 0 Å². The van der Waals surface area contributed by atoms with Crippen molar-refractivity contribution in [2.75, 3.05) is 7.05 Å². The lowest BCUT2D eigenvalue weighted by atomic mass is 10.0. The average Bonchev–Trinajstić information content (AvgIpc) is 2.96. The molecule has 0 aliphatic heterocycles. The lowest BCUT2D eigenvalue weighted by molar-refractivity contribution is 0.357. The van der Waals surface area contributed by atoms with Gasteiger partial charge < -0.3 is 9.84 Å². The molecule has 4 nitrogen and oxygen atoms in total. The molecular formula is C13H23N3O. The minimum absolute atomic E-state index is 0.385. The Labute approximate surface area is 103 Å². The van der Waals surface area contributed by atoms with Gasteiger partial charge in [-0.25, -0.2) is 0 Å². The second kappa shape index (κ2) is 5.63. The van der Waals surface area contributed by atoms with Crippen LogP contribution < -0.4 is 5.32 Å². The van der Waals surface area contributed by atoms with E-state index in [-0.39, 0.29) is 0 Å². The standard InChI is InChI=1S/C13H23N3O/c1-4-10-5-6-11(8-10)13-15-12(17-16-13)7-9(2)14-3/h9-11,14H,4-8H2,1-3H3. The van der Waals surface area contributed by atoms with Gasteiger partial charge in [0.05, 0.1) is 0 Å². The fourth-order valence-electron chi connectivity index (χ4n) is 2.56. The first-order valence-corrected chi connectivity index (χ1v) is 6.72. The maximum Gasteiger partial charge on any atom is 0.228 e. The molecule has 2 rings (SSSR count). The lowest BCUT2D eigenvalue weighted by Crippen LogP contribution is -2.23. The fourth-order valence-corrected chi connectivity index (χ4v) is 2.56. The first kappa shape index (κ1) is 12.6. The summed E-state index contributed by atoms with van der Waals surface area (Å²) < 4.78 is 5.32. The number of nitrogens with zero attached hydrogens (tertiary/aromatic N) is 2. The molecule has 1 heterocycles. The summed E-state index contributed by atoms with van der Waals surface area (Å²) in [5, 5.41) is 7.32. The first-order valence-electron chi connectivity index (χ1n) is 6.72. The summed E-state index contributed by atoms with van der Waals surface area (Å²) in [6.07, 6.45) is 5.86. The van der Waals surface area contributed by atoms with Gasteiger partial charge in [-0.15, -0.1) is 0 Å². The van der Waals surface area contributed by atoms with Crippen LogP contribution in [-0.4, -0.2) is 23.2 Å². The monoisotopic (exact) mass is 237 g/mol. The molecule has 0 saturated heterocycles. The molecule has 0 radical (unpaired) electrons. The highest BCUT2D eigenvalue weighted by Crippen LogP contribution is 2.38. The highest BCUT2D eigenvalue weighted by Gasteiger charge is 2.28. The van der Waals surface area contributed by atoms with E-state index in [1.54, 1.807) is 0 Å². The molecule has 17 heavy (non-hydrogen) atoms. The molecule has 4 heteroatoms. The van der Waals surface area contributed by atoms with Gasteiger partial charge in [0.15, 0.2) is 5.82 Å². The Hall–Kier alpha value is -0.900. The summed E-state index contributed by atoms with van der Waals surface area (Å²) in [7, 11) is 1.95. The summed E-state index contributed by atoms with van der Waals surface area (Å²) in [6, 6.07) is 0.385. The van der Waals surface area contributed by atoms with Gasteiger partial charge in [-0.05, 0) is 39.2 Å². The quantitative estimate of drug-likeness (QED) is 0.855. The van der Waals surface area contributed by atoms with Crippen molar-refractivity contribution in [2.45, 2.75) is 57.9 Å². The normalized spacial score (nSPS) is 26.3. The van der Waals surface area contributed by atoms with Gasteiger partial charge in [0.25, 0.3) is 0 Å². The number of rotatable bonds is 5. The van der Waals surface area contributed by atoms with Crippen molar-refractivity contribution in [3.63, 3.8) is 0 Å². The second-order valence-electron chi connectivity index (χ2n) is 5.22. The van der Waals surface area contributed by atoms with E-state index in [4.69, 9.17) is 4.52 Å². The van der Waals surface area contributed by atoms with E-state index in [9.17, 15) is 0 Å². The Morgan fingerprint density at radius 2 is 2.29 bits per heavy atom. The van der Waals surface area contributed by atoms with E-state index >= 15 is 0 Å². The highest BCUT2D eigenvalue weighted by molar-refractivity contribution is 5.00. The van der Waals surface area contributed by atoms with Crippen LogP contribution >= 0.6 is 0 Å². The fraction of sp³-hybridized carbons (Fsp3) is 0.846. The molecular weight excluding hydrogens is 214 g/mol. The van der Waals surface area contributed by atoms with Crippen LogP contribution in [0, 0.1) is 5.92 Å². The van der Waals surface area contributed by atoms with Crippen LogP contribution in [0.4, 0.5) is 0 Å². The third-order valence-corrected chi connectivity index (χ3v) is 3.94. The molecule has 1 fully saturated rings. The third kappa shape index (κ3) is 3.06. The van der Waals surface area contributed by atoms with Crippen LogP contribution in [0.15, 0.2) is 4.52 Å². The van der Waals surface area contributed by atoms with Gasteiger partial charge in [-0.1, -0.05) is 18.5 Å². The van der Waals surface area contributed by atoms with Crippen molar-refractivity contribution in [3.8, 4) is 0 Å². The van der Waals surface area contributed by atoms with E-state index in [1.165, 1.54) is 25.7 Å². The average molecular weight is 237 g/mol. The van der Waals surface area contributed by atoms with Gasteiger partial charge in [0, 0.05) is 18.4 Å². The predicted octanol–water partition coefficient (Wildman–Crippen LogP) is 2.51. The smallest absolute Gasteiger partial charge is 0.228 e. The van der Waals surface area contributed by atoms with E-state index in [0.29, 0.717) is 12.0 Å². The molecule has 1 aliphatic rings. The molecule has 0 spiro atoms. The van der Waals surface area contributed by atoms with Gasteiger partial charge >= 0.3 is 0 Å². The van der Waals surface area contributed by atoms with E-state index < -0.39 is 0 Å². The predicted molar refractivity (Wildman–Crippen MR) is 66.9 cm³/mol.